The van der Waals surface area contributed by atoms with Gasteiger partial charge in [0.2, 0.25) is 0 Å². The maximum Gasteiger partial charge on any atom is 0.137 e. The van der Waals surface area contributed by atoms with Gasteiger partial charge < -0.3 is 5.32 Å². The molecule has 0 atom stereocenters. The van der Waals surface area contributed by atoms with Crippen molar-refractivity contribution in [1.29, 1.82) is 0 Å². The first kappa shape index (κ1) is 16.4. The van der Waals surface area contributed by atoms with Gasteiger partial charge in [-0.25, -0.2) is 4.39 Å². The zero-order valence-corrected chi connectivity index (χ0v) is 13.6. The molecule has 0 saturated heterocycles. The molecule has 1 aromatic carbocycles. The van der Waals surface area contributed by atoms with Gasteiger partial charge >= 0.3 is 0 Å². The molecule has 1 rings (SSSR count). The summed E-state index contributed by atoms with van der Waals surface area (Å²) >= 11 is 3.30. The number of rotatable bonds is 7. The summed E-state index contributed by atoms with van der Waals surface area (Å²) in [7, 11) is 0. The minimum absolute atomic E-state index is 0.191. The number of hydrogen-bond acceptors (Lipinski definition) is 1. The Kier molecular flexibility index (Phi) is 7.32. The van der Waals surface area contributed by atoms with E-state index >= 15 is 0 Å². The molecule has 19 heavy (non-hydrogen) atoms. The topological polar surface area (TPSA) is 12.0 Å². The summed E-state index contributed by atoms with van der Waals surface area (Å²) in [5, 5.41) is 3.41. The van der Waals surface area contributed by atoms with Crippen LogP contribution >= 0.6 is 15.9 Å². The highest BCUT2D eigenvalue weighted by atomic mass is 79.9. The van der Waals surface area contributed by atoms with Crippen LogP contribution in [0.25, 0.3) is 0 Å². The van der Waals surface area contributed by atoms with E-state index in [1.54, 1.807) is 6.07 Å². The summed E-state index contributed by atoms with van der Waals surface area (Å²) in [6.45, 7) is 8.56. The van der Waals surface area contributed by atoms with Crippen LogP contribution in [-0.2, 0) is 6.42 Å². The Balaban J connectivity index is 2.41. The first-order valence-corrected chi connectivity index (χ1v) is 7.59. The predicted molar refractivity (Wildman–Crippen MR) is 83.9 cm³/mol. The average molecular weight is 328 g/mol. The first-order chi connectivity index (χ1) is 9.00. The number of hydrogen-bond donors (Lipinski definition) is 1. The van der Waals surface area contributed by atoms with E-state index in [9.17, 15) is 4.39 Å². The normalized spacial score (nSPS) is 12.2. The van der Waals surface area contributed by atoms with Gasteiger partial charge in [0.05, 0.1) is 4.47 Å². The first-order valence-electron chi connectivity index (χ1n) is 6.80. The SMILES string of the molecule is C/C(=C/CCNCC(C)C)Cc1cccc(F)c1Br. The smallest absolute Gasteiger partial charge is 0.137 e. The van der Waals surface area contributed by atoms with Crippen molar-refractivity contribution < 1.29 is 4.39 Å². The van der Waals surface area contributed by atoms with Crippen molar-refractivity contribution in [2.45, 2.75) is 33.6 Å². The van der Waals surface area contributed by atoms with Crippen LogP contribution in [0.4, 0.5) is 4.39 Å². The van der Waals surface area contributed by atoms with Gasteiger partial charge in [-0.05, 0) is 66.3 Å². The van der Waals surface area contributed by atoms with Crippen LogP contribution in [0.3, 0.4) is 0 Å². The fourth-order valence-corrected chi connectivity index (χ4v) is 2.27. The maximum atomic E-state index is 13.4. The highest BCUT2D eigenvalue weighted by molar-refractivity contribution is 9.10. The lowest BCUT2D eigenvalue weighted by Crippen LogP contribution is -2.20. The summed E-state index contributed by atoms with van der Waals surface area (Å²) in [6, 6.07) is 5.19. The van der Waals surface area contributed by atoms with Crippen LogP contribution in [-0.4, -0.2) is 13.1 Å². The van der Waals surface area contributed by atoms with E-state index in [1.165, 1.54) is 11.6 Å². The number of halogens is 2. The fourth-order valence-electron chi connectivity index (χ4n) is 1.87. The molecule has 1 nitrogen and oxygen atoms in total. The molecule has 0 amide bonds. The van der Waals surface area contributed by atoms with Crippen LogP contribution in [0.5, 0.6) is 0 Å². The molecule has 106 valence electrons. The van der Waals surface area contributed by atoms with E-state index < -0.39 is 0 Å². The molecule has 0 heterocycles. The Labute approximate surface area is 124 Å². The lowest BCUT2D eigenvalue weighted by molar-refractivity contribution is 0.556. The highest BCUT2D eigenvalue weighted by Crippen LogP contribution is 2.22. The average Bonchev–Trinajstić information content (AvgIpc) is 2.34. The molecule has 0 unspecified atom stereocenters. The molecule has 0 saturated carbocycles. The van der Waals surface area contributed by atoms with Crippen LogP contribution in [0, 0.1) is 11.7 Å². The molecule has 0 radical (unpaired) electrons. The van der Waals surface area contributed by atoms with Crippen molar-refractivity contribution >= 4 is 15.9 Å². The van der Waals surface area contributed by atoms with Crippen molar-refractivity contribution in [3.8, 4) is 0 Å². The van der Waals surface area contributed by atoms with E-state index in [0.29, 0.717) is 10.4 Å². The lowest BCUT2D eigenvalue weighted by atomic mass is 10.1. The minimum Gasteiger partial charge on any atom is -0.316 e. The quantitative estimate of drug-likeness (QED) is 0.564. The number of benzene rings is 1. The van der Waals surface area contributed by atoms with E-state index in [-0.39, 0.29) is 5.82 Å². The molecule has 1 aromatic rings. The van der Waals surface area contributed by atoms with Crippen LogP contribution in [0.15, 0.2) is 34.3 Å². The summed E-state index contributed by atoms with van der Waals surface area (Å²) in [5.41, 5.74) is 2.28. The van der Waals surface area contributed by atoms with E-state index in [0.717, 1.165) is 31.5 Å². The fraction of sp³-hybridized carbons (Fsp3) is 0.500. The second-order valence-electron chi connectivity index (χ2n) is 5.33. The van der Waals surface area contributed by atoms with Crippen molar-refractivity contribution in [3.63, 3.8) is 0 Å². The summed E-state index contributed by atoms with van der Waals surface area (Å²) < 4.78 is 14.0. The number of nitrogens with one attached hydrogen (secondary N) is 1. The van der Waals surface area contributed by atoms with Crippen LogP contribution in [0.2, 0.25) is 0 Å². The highest BCUT2D eigenvalue weighted by Gasteiger charge is 2.05. The molecule has 0 aliphatic heterocycles. The molecular formula is C16H23BrFN. The molecule has 0 spiro atoms. The van der Waals surface area contributed by atoms with Gasteiger partial charge in [-0.15, -0.1) is 0 Å². The zero-order chi connectivity index (χ0) is 14.3. The molecular weight excluding hydrogens is 305 g/mol. The second kappa shape index (κ2) is 8.49. The minimum atomic E-state index is -0.191. The predicted octanol–water partition coefficient (Wildman–Crippen LogP) is 4.71. The van der Waals surface area contributed by atoms with E-state index in [1.807, 2.05) is 6.07 Å². The van der Waals surface area contributed by atoms with Gasteiger partial charge in [0.15, 0.2) is 0 Å². The monoisotopic (exact) mass is 327 g/mol. The van der Waals surface area contributed by atoms with Gasteiger partial charge in [0.25, 0.3) is 0 Å². The summed E-state index contributed by atoms with van der Waals surface area (Å²) in [5.74, 6) is 0.497. The molecule has 0 aromatic heterocycles. The Morgan fingerprint density at radius 2 is 2.16 bits per heavy atom. The van der Waals surface area contributed by atoms with Gasteiger partial charge in [-0.2, -0.15) is 0 Å². The molecule has 0 aliphatic rings. The van der Waals surface area contributed by atoms with Gasteiger partial charge in [-0.1, -0.05) is 37.6 Å². The Morgan fingerprint density at radius 3 is 2.84 bits per heavy atom. The Morgan fingerprint density at radius 1 is 1.42 bits per heavy atom. The summed E-state index contributed by atoms with van der Waals surface area (Å²) in [4.78, 5) is 0. The molecule has 3 heteroatoms. The van der Waals surface area contributed by atoms with E-state index in [2.05, 4.69) is 48.1 Å². The van der Waals surface area contributed by atoms with Gasteiger partial charge in [0.1, 0.15) is 5.82 Å². The standard InChI is InChI=1S/C16H23BrFN/c1-12(2)11-19-9-5-6-13(3)10-14-7-4-8-15(18)16(14)17/h4,6-8,12,19H,5,9-11H2,1-3H3/b13-6-. The van der Waals surface area contributed by atoms with Crippen LogP contribution < -0.4 is 5.32 Å². The van der Waals surface area contributed by atoms with Crippen molar-refractivity contribution in [3.05, 3.63) is 45.7 Å². The third-order valence-corrected chi connectivity index (χ3v) is 3.76. The lowest BCUT2D eigenvalue weighted by Gasteiger charge is -2.07. The third-order valence-electron chi connectivity index (χ3n) is 2.87. The van der Waals surface area contributed by atoms with Crippen molar-refractivity contribution in [1.82, 2.24) is 5.32 Å². The molecule has 0 aliphatic carbocycles. The molecule has 0 fully saturated rings. The van der Waals surface area contributed by atoms with Gasteiger partial charge in [0, 0.05) is 0 Å². The Hall–Kier alpha value is -0.670. The zero-order valence-electron chi connectivity index (χ0n) is 12.0. The van der Waals surface area contributed by atoms with Crippen LogP contribution in [0.1, 0.15) is 32.8 Å². The number of allylic oxidation sites excluding steroid dienone is 1. The molecule has 1 N–H and O–H groups in total. The van der Waals surface area contributed by atoms with Crippen molar-refractivity contribution in [2.24, 2.45) is 5.92 Å². The van der Waals surface area contributed by atoms with Gasteiger partial charge in [-0.3, -0.25) is 0 Å². The summed E-state index contributed by atoms with van der Waals surface area (Å²) in [6.07, 6.45) is 4.04. The maximum absolute atomic E-state index is 13.4. The molecule has 0 bridgehead atoms. The largest absolute Gasteiger partial charge is 0.316 e. The third kappa shape index (κ3) is 6.35. The van der Waals surface area contributed by atoms with Crippen molar-refractivity contribution in [2.75, 3.05) is 13.1 Å². The Bertz CT molecular complexity index is 427. The van der Waals surface area contributed by atoms with E-state index in [4.69, 9.17) is 0 Å². The second-order valence-corrected chi connectivity index (χ2v) is 6.12.